The predicted molar refractivity (Wildman–Crippen MR) is 145 cm³/mol. The molecule has 1 saturated heterocycles. The van der Waals surface area contributed by atoms with Crippen molar-refractivity contribution in [3.05, 3.63) is 77.3 Å². The molecule has 2 aromatic carbocycles. The Morgan fingerprint density at radius 1 is 1.11 bits per heavy atom. The number of nitrogens with zero attached hydrogens (tertiary/aromatic N) is 2. The summed E-state index contributed by atoms with van der Waals surface area (Å²) < 4.78 is 35.3. The number of rotatable bonds is 9. The molecular weight excluding hydrogens is 532 g/mol. The highest BCUT2D eigenvalue weighted by Crippen LogP contribution is 2.62. The Balaban J connectivity index is 1.53. The van der Waals surface area contributed by atoms with E-state index in [1.165, 1.54) is 4.31 Å². The topological polar surface area (TPSA) is 87.2 Å². The van der Waals surface area contributed by atoms with Gasteiger partial charge in [-0.2, -0.15) is 4.31 Å². The quantitative estimate of drug-likeness (QED) is 0.410. The van der Waals surface area contributed by atoms with Gasteiger partial charge in [0.05, 0.1) is 13.2 Å². The zero-order valence-corrected chi connectivity index (χ0v) is 22.8. The largest absolute Gasteiger partial charge is 0.480 e. The number of hydrogen-bond acceptors (Lipinski definition) is 6. The molecule has 0 bridgehead atoms. The van der Waals surface area contributed by atoms with Gasteiger partial charge in [0, 0.05) is 42.0 Å². The molecule has 5 rings (SSSR count). The van der Waals surface area contributed by atoms with Gasteiger partial charge in [-0.1, -0.05) is 61.0 Å². The summed E-state index contributed by atoms with van der Waals surface area (Å²) in [6, 6.07) is 19.9. The highest BCUT2D eigenvalue weighted by molar-refractivity contribution is 7.91. The maximum atomic E-state index is 14.2. The van der Waals surface area contributed by atoms with E-state index in [0.29, 0.717) is 37.9 Å². The van der Waals surface area contributed by atoms with E-state index in [4.69, 9.17) is 16.3 Å². The van der Waals surface area contributed by atoms with Crippen LogP contribution in [-0.4, -0.2) is 73.6 Å². The Kier molecular flexibility index (Phi) is 7.46. The maximum absolute atomic E-state index is 14.2. The highest BCUT2D eigenvalue weighted by atomic mass is 35.5. The van der Waals surface area contributed by atoms with Crippen LogP contribution in [0.3, 0.4) is 0 Å². The average Bonchev–Trinajstić information content (AvgIpc) is 3.24. The monoisotopic (exact) mass is 560 g/mol. The van der Waals surface area contributed by atoms with Crippen molar-refractivity contribution >= 4 is 38.9 Å². The third-order valence-electron chi connectivity index (χ3n) is 7.45. The van der Waals surface area contributed by atoms with E-state index in [9.17, 15) is 18.3 Å². The van der Waals surface area contributed by atoms with Gasteiger partial charge in [0.1, 0.15) is 9.75 Å². The van der Waals surface area contributed by atoms with E-state index in [1.807, 2.05) is 49.4 Å². The lowest BCUT2D eigenvalue weighted by molar-refractivity contribution is -0.144. The fraction of sp³-hybridized carbons (Fsp3) is 0.370. The highest BCUT2D eigenvalue weighted by Gasteiger charge is 2.73. The van der Waals surface area contributed by atoms with Crippen molar-refractivity contribution in [1.29, 1.82) is 0 Å². The number of carboxylic acid groups (broad SMARTS) is 1. The zero-order chi connectivity index (χ0) is 26.2. The Morgan fingerprint density at radius 2 is 1.78 bits per heavy atom. The number of thiophene rings is 1. The molecular formula is C27H29ClN2O5S2. The lowest BCUT2D eigenvalue weighted by Crippen LogP contribution is -2.52. The van der Waals surface area contributed by atoms with Gasteiger partial charge in [-0.25, -0.2) is 8.42 Å². The van der Waals surface area contributed by atoms with Crippen LogP contribution in [0.5, 0.6) is 0 Å². The lowest BCUT2D eigenvalue weighted by Gasteiger charge is -2.33. The normalized spacial score (nSPS) is 24.3. The van der Waals surface area contributed by atoms with E-state index in [0.717, 1.165) is 27.3 Å². The van der Waals surface area contributed by atoms with Gasteiger partial charge in [-0.15, -0.1) is 11.3 Å². The molecule has 0 spiro atoms. The van der Waals surface area contributed by atoms with Crippen molar-refractivity contribution in [1.82, 2.24) is 9.21 Å². The molecule has 3 atom stereocenters. The first-order valence-electron chi connectivity index (χ1n) is 12.2. The average molecular weight is 561 g/mol. The summed E-state index contributed by atoms with van der Waals surface area (Å²) in [5.74, 6) is -1.95. The first kappa shape index (κ1) is 26.3. The van der Waals surface area contributed by atoms with Crippen LogP contribution in [0.2, 0.25) is 5.02 Å². The second kappa shape index (κ2) is 10.5. The number of carbonyl (C=O) groups is 1. The molecule has 0 radical (unpaired) electrons. The van der Waals surface area contributed by atoms with Gasteiger partial charge < -0.3 is 9.84 Å². The van der Waals surface area contributed by atoms with Crippen molar-refractivity contribution in [3.63, 3.8) is 0 Å². The molecule has 0 amide bonds. The van der Waals surface area contributed by atoms with Crippen LogP contribution in [-0.2, 0) is 19.6 Å². The summed E-state index contributed by atoms with van der Waals surface area (Å²) in [5, 5.41) is 11.2. The number of benzene rings is 2. The molecule has 7 nitrogen and oxygen atoms in total. The fourth-order valence-electron chi connectivity index (χ4n) is 5.46. The number of carboxylic acids is 1. The molecule has 1 aliphatic carbocycles. The van der Waals surface area contributed by atoms with Gasteiger partial charge in [-0.05, 0) is 41.3 Å². The summed E-state index contributed by atoms with van der Waals surface area (Å²) in [4.78, 5) is 15.9. The number of morpholine rings is 1. The third-order valence-corrected chi connectivity index (χ3v) is 11.2. The van der Waals surface area contributed by atoms with E-state index < -0.39 is 27.4 Å². The first-order valence-corrected chi connectivity index (χ1v) is 14.9. The van der Waals surface area contributed by atoms with Gasteiger partial charge in [0.25, 0.3) is 10.0 Å². The minimum Gasteiger partial charge on any atom is -0.480 e. The minimum absolute atomic E-state index is 0.0798. The number of ether oxygens (including phenoxy) is 1. The van der Waals surface area contributed by atoms with Crippen LogP contribution in [0.25, 0.3) is 10.4 Å². The number of halogens is 1. The van der Waals surface area contributed by atoms with Crippen LogP contribution in [0.4, 0.5) is 0 Å². The summed E-state index contributed by atoms with van der Waals surface area (Å²) in [6.45, 7) is 4.87. The fourth-order valence-corrected chi connectivity index (χ4v) is 8.83. The van der Waals surface area contributed by atoms with Crippen LogP contribution in [0.15, 0.2) is 70.9 Å². The van der Waals surface area contributed by atoms with Crippen molar-refractivity contribution in [2.24, 2.45) is 5.92 Å². The zero-order valence-electron chi connectivity index (χ0n) is 20.4. The molecule has 2 fully saturated rings. The van der Waals surface area contributed by atoms with E-state index in [-0.39, 0.29) is 16.7 Å². The molecule has 196 valence electrons. The molecule has 2 heterocycles. The molecule has 2 aliphatic rings. The molecule has 1 aromatic heterocycles. The predicted octanol–water partition coefficient (Wildman–Crippen LogP) is 4.65. The van der Waals surface area contributed by atoms with Crippen molar-refractivity contribution in [3.8, 4) is 10.4 Å². The second-order valence-electron chi connectivity index (χ2n) is 9.46. The molecule has 1 aliphatic heterocycles. The molecule has 1 N–H and O–H groups in total. The second-order valence-corrected chi connectivity index (χ2v) is 13.1. The van der Waals surface area contributed by atoms with Gasteiger partial charge >= 0.3 is 5.97 Å². The van der Waals surface area contributed by atoms with Crippen LogP contribution in [0, 0.1) is 5.92 Å². The van der Waals surface area contributed by atoms with Crippen molar-refractivity contribution in [2.75, 3.05) is 39.4 Å². The third kappa shape index (κ3) is 4.84. The Labute approximate surface area is 226 Å². The van der Waals surface area contributed by atoms with Crippen LogP contribution >= 0.6 is 22.9 Å². The summed E-state index contributed by atoms with van der Waals surface area (Å²) >= 11 is 7.16. The summed E-state index contributed by atoms with van der Waals surface area (Å²) in [6.07, 6.45) is 0. The van der Waals surface area contributed by atoms with Gasteiger partial charge in [0.2, 0.25) is 0 Å². The van der Waals surface area contributed by atoms with Gasteiger partial charge in [-0.3, -0.25) is 9.69 Å². The Hall–Kier alpha value is -2.27. The molecule has 0 unspecified atom stereocenters. The molecule has 10 heteroatoms. The molecule has 3 aromatic rings. The SMILES string of the molecule is C[C@@H]1[C@@H](c2ccccc2)[C@]1(C(=O)O)N(CCN1CCOCC1)S(=O)(=O)c1ccc(-c2ccc(Cl)cc2)s1. The van der Waals surface area contributed by atoms with Crippen molar-refractivity contribution < 1.29 is 23.1 Å². The Morgan fingerprint density at radius 3 is 2.43 bits per heavy atom. The van der Waals surface area contributed by atoms with E-state index in [1.54, 1.807) is 24.3 Å². The van der Waals surface area contributed by atoms with E-state index in [2.05, 4.69) is 4.90 Å². The standard InChI is InChI=1S/C27H29ClN2O5S2/c1-19-25(21-5-3-2-4-6-21)27(19,26(31)32)30(14-13-29-15-17-35-18-16-29)37(33,34)24-12-11-23(36-24)20-7-9-22(28)10-8-20/h2-12,19,25H,13-18H2,1H3,(H,31,32)/t19-,25+,27-/m1/s1. The minimum atomic E-state index is -4.12. The van der Waals surface area contributed by atoms with Crippen LogP contribution in [0.1, 0.15) is 18.4 Å². The number of aliphatic carboxylic acids is 1. The summed E-state index contributed by atoms with van der Waals surface area (Å²) in [5.41, 5.74) is 0.124. The number of hydrogen-bond donors (Lipinski definition) is 1. The smallest absolute Gasteiger partial charge is 0.326 e. The summed E-state index contributed by atoms with van der Waals surface area (Å²) in [7, 11) is -4.12. The number of sulfonamides is 1. The molecule has 1 saturated carbocycles. The first-order chi connectivity index (χ1) is 17.8. The van der Waals surface area contributed by atoms with Crippen LogP contribution < -0.4 is 0 Å². The van der Waals surface area contributed by atoms with Crippen molar-refractivity contribution in [2.45, 2.75) is 22.6 Å². The lowest BCUT2D eigenvalue weighted by atomic mass is 10.1. The Bertz CT molecular complexity index is 1360. The van der Waals surface area contributed by atoms with Gasteiger partial charge in [0.15, 0.2) is 0 Å². The van der Waals surface area contributed by atoms with E-state index >= 15 is 0 Å². The molecule has 37 heavy (non-hydrogen) atoms. The maximum Gasteiger partial charge on any atom is 0.326 e.